The highest BCUT2D eigenvalue weighted by molar-refractivity contribution is 6.35. The molecule has 2 atom stereocenters. The molecule has 0 aromatic heterocycles. The van der Waals surface area contributed by atoms with E-state index in [0.29, 0.717) is 39.5 Å². The van der Waals surface area contributed by atoms with Crippen LogP contribution in [0.1, 0.15) is 23.6 Å². The van der Waals surface area contributed by atoms with Gasteiger partial charge in [-0.2, -0.15) is 5.10 Å². The summed E-state index contributed by atoms with van der Waals surface area (Å²) in [7, 11) is 1.54. The maximum Gasteiger partial charge on any atom is 0.262 e. The zero-order chi connectivity index (χ0) is 31.5. The van der Waals surface area contributed by atoms with Gasteiger partial charge in [-0.25, -0.2) is 5.43 Å². The molecule has 8 nitrogen and oxygen atoms in total. The number of rotatable bonds is 13. The Morgan fingerprint density at radius 1 is 0.818 bits per heavy atom. The zero-order valence-electron chi connectivity index (χ0n) is 23.9. The van der Waals surface area contributed by atoms with Gasteiger partial charge in [0, 0.05) is 16.5 Å². The summed E-state index contributed by atoms with van der Waals surface area (Å²) in [4.78, 5) is 26.2. The van der Waals surface area contributed by atoms with Crippen LogP contribution in [0.3, 0.4) is 0 Å². The Bertz CT molecular complexity index is 1600. The van der Waals surface area contributed by atoms with E-state index in [4.69, 9.17) is 49.0 Å². The normalized spacial score (nSPS) is 12.3. The van der Waals surface area contributed by atoms with Crippen molar-refractivity contribution in [1.29, 1.82) is 0 Å². The zero-order valence-corrected chi connectivity index (χ0v) is 26.2. The fourth-order valence-corrected chi connectivity index (χ4v) is 4.62. The second kappa shape index (κ2) is 16.0. The highest BCUT2D eigenvalue weighted by atomic mass is 35.5. The molecule has 0 fully saturated rings. The number of halogens is 3. The maximum absolute atomic E-state index is 13.2. The molecule has 0 unspecified atom stereocenters. The Morgan fingerprint density at radius 3 is 2.23 bits per heavy atom. The van der Waals surface area contributed by atoms with Gasteiger partial charge in [-0.1, -0.05) is 77.3 Å². The minimum absolute atomic E-state index is 0.232. The Kier molecular flexibility index (Phi) is 11.9. The standard InChI is InChI=1S/C33H30Cl3N3O5/c1-21(44-29-15-13-26(35)18-27(29)36)32(40)38-28(16-22-6-4-3-5-7-22)33(41)39-37-19-24-10-14-30(31(17-24)42-2)43-20-23-8-11-25(34)12-9-23/h3-15,17-19,21,28H,16,20H2,1-2H3,(H,38,40)(H,39,41)/b37-19-/t21-,28-/m1/s1. The quantitative estimate of drug-likeness (QED) is 0.121. The van der Waals surface area contributed by atoms with Crippen molar-refractivity contribution in [2.45, 2.75) is 32.1 Å². The van der Waals surface area contributed by atoms with Gasteiger partial charge >= 0.3 is 0 Å². The van der Waals surface area contributed by atoms with E-state index in [1.54, 1.807) is 49.4 Å². The lowest BCUT2D eigenvalue weighted by Gasteiger charge is -2.21. The van der Waals surface area contributed by atoms with Crippen LogP contribution in [0.2, 0.25) is 15.1 Å². The Labute approximate surface area is 270 Å². The van der Waals surface area contributed by atoms with Gasteiger partial charge in [-0.15, -0.1) is 0 Å². The first kappa shape index (κ1) is 32.7. The van der Waals surface area contributed by atoms with Crippen LogP contribution in [0.5, 0.6) is 17.2 Å². The second-order valence-electron chi connectivity index (χ2n) is 9.65. The molecule has 0 radical (unpaired) electrons. The number of carbonyl (C=O) groups is 2. The van der Waals surface area contributed by atoms with Gasteiger partial charge in [-0.05, 0) is 72.1 Å². The molecule has 44 heavy (non-hydrogen) atoms. The number of carbonyl (C=O) groups excluding carboxylic acids is 2. The summed E-state index contributed by atoms with van der Waals surface area (Å²) in [5.74, 6) is 0.327. The predicted molar refractivity (Wildman–Crippen MR) is 173 cm³/mol. The van der Waals surface area contributed by atoms with Crippen molar-refractivity contribution in [2.75, 3.05) is 7.11 Å². The van der Waals surface area contributed by atoms with Crippen LogP contribution < -0.4 is 25.0 Å². The number of benzene rings is 4. The minimum atomic E-state index is -0.948. The van der Waals surface area contributed by atoms with E-state index in [1.807, 2.05) is 42.5 Å². The molecule has 228 valence electrons. The lowest BCUT2D eigenvalue weighted by Crippen LogP contribution is -2.50. The average molecular weight is 655 g/mol. The monoisotopic (exact) mass is 653 g/mol. The molecule has 11 heteroatoms. The summed E-state index contributed by atoms with van der Waals surface area (Å²) < 4.78 is 17.1. The first-order chi connectivity index (χ1) is 21.2. The lowest BCUT2D eigenvalue weighted by molar-refractivity contribution is -0.132. The van der Waals surface area contributed by atoms with E-state index in [-0.39, 0.29) is 11.4 Å². The third-order valence-electron chi connectivity index (χ3n) is 6.37. The minimum Gasteiger partial charge on any atom is -0.493 e. The van der Waals surface area contributed by atoms with Crippen molar-refractivity contribution in [3.8, 4) is 17.2 Å². The van der Waals surface area contributed by atoms with E-state index in [9.17, 15) is 9.59 Å². The summed E-state index contributed by atoms with van der Waals surface area (Å²) >= 11 is 18.1. The highest BCUT2D eigenvalue weighted by Crippen LogP contribution is 2.29. The van der Waals surface area contributed by atoms with Gasteiger partial charge in [0.1, 0.15) is 18.4 Å². The van der Waals surface area contributed by atoms with Crippen LogP contribution in [0, 0.1) is 0 Å². The molecule has 4 aromatic rings. The third kappa shape index (κ3) is 9.64. The van der Waals surface area contributed by atoms with E-state index in [2.05, 4.69) is 15.8 Å². The summed E-state index contributed by atoms with van der Waals surface area (Å²) in [6, 6.07) is 25.7. The molecule has 0 aliphatic carbocycles. The van der Waals surface area contributed by atoms with E-state index in [1.165, 1.54) is 19.4 Å². The van der Waals surface area contributed by atoms with Gasteiger partial charge in [0.2, 0.25) is 0 Å². The molecule has 2 amide bonds. The van der Waals surface area contributed by atoms with Crippen LogP contribution in [-0.2, 0) is 22.6 Å². The van der Waals surface area contributed by atoms with Gasteiger partial charge in [0.05, 0.1) is 18.3 Å². The molecule has 4 rings (SSSR count). The SMILES string of the molecule is COc1cc(/C=N\NC(=O)[C@@H](Cc2ccccc2)NC(=O)[C@@H](C)Oc2ccc(Cl)cc2Cl)ccc1OCc1ccc(Cl)cc1. The molecule has 0 saturated heterocycles. The van der Waals surface area contributed by atoms with E-state index < -0.39 is 24.0 Å². The number of ether oxygens (including phenoxy) is 3. The van der Waals surface area contributed by atoms with Crippen molar-refractivity contribution in [3.63, 3.8) is 0 Å². The summed E-state index contributed by atoms with van der Waals surface area (Å²) in [6.07, 6.45) is 0.755. The maximum atomic E-state index is 13.2. The lowest BCUT2D eigenvalue weighted by atomic mass is 10.1. The summed E-state index contributed by atoms with van der Waals surface area (Å²) in [6.45, 7) is 1.90. The van der Waals surface area contributed by atoms with Crippen LogP contribution in [0.25, 0.3) is 0 Å². The van der Waals surface area contributed by atoms with Gasteiger partial charge in [-0.3, -0.25) is 9.59 Å². The van der Waals surface area contributed by atoms with Crippen molar-refractivity contribution in [3.05, 3.63) is 123 Å². The third-order valence-corrected chi connectivity index (χ3v) is 7.15. The fourth-order valence-electron chi connectivity index (χ4n) is 4.04. The Hall–Kier alpha value is -4.24. The van der Waals surface area contributed by atoms with E-state index >= 15 is 0 Å². The summed E-state index contributed by atoms with van der Waals surface area (Å²) in [5.41, 5.74) is 4.99. The second-order valence-corrected chi connectivity index (χ2v) is 10.9. The fraction of sp³-hybridized carbons (Fsp3) is 0.182. The van der Waals surface area contributed by atoms with Gasteiger partial charge < -0.3 is 19.5 Å². The molecule has 4 aromatic carbocycles. The number of hydrazone groups is 1. The number of amides is 2. The van der Waals surface area contributed by atoms with Crippen molar-refractivity contribution in [1.82, 2.24) is 10.7 Å². The molecule has 0 heterocycles. The van der Waals surface area contributed by atoms with Crippen molar-refractivity contribution in [2.24, 2.45) is 5.10 Å². The van der Waals surface area contributed by atoms with Gasteiger partial charge in [0.15, 0.2) is 17.6 Å². The average Bonchev–Trinajstić information content (AvgIpc) is 3.02. The molecule has 0 aliphatic rings. The van der Waals surface area contributed by atoms with Crippen molar-refractivity contribution >= 4 is 52.8 Å². The molecule has 0 aliphatic heterocycles. The van der Waals surface area contributed by atoms with Gasteiger partial charge in [0.25, 0.3) is 11.8 Å². The molecule has 2 N–H and O–H groups in total. The first-order valence-electron chi connectivity index (χ1n) is 13.6. The molecule has 0 saturated carbocycles. The number of nitrogens with one attached hydrogen (secondary N) is 2. The largest absolute Gasteiger partial charge is 0.493 e. The number of hydrogen-bond acceptors (Lipinski definition) is 6. The molecular formula is C33H30Cl3N3O5. The van der Waals surface area contributed by atoms with Crippen LogP contribution >= 0.6 is 34.8 Å². The van der Waals surface area contributed by atoms with Crippen LogP contribution in [0.15, 0.2) is 96.1 Å². The summed E-state index contributed by atoms with van der Waals surface area (Å²) in [5, 5.41) is 8.22. The molecule has 0 bridgehead atoms. The smallest absolute Gasteiger partial charge is 0.262 e. The molecule has 0 spiro atoms. The Balaban J connectivity index is 1.40. The Morgan fingerprint density at radius 2 is 1.52 bits per heavy atom. The number of nitrogens with zero attached hydrogens (tertiary/aromatic N) is 1. The number of methoxy groups -OCH3 is 1. The van der Waals surface area contributed by atoms with Crippen molar-refractivity contribution < 1.29 is 23.8 Å². The topological polar surface area (TPSA) is 98.2 Å². The molecular weight excluding hydrogens is 625 g/mol. The highest BCUT2D eigenvalue weighted by Gasteiger charge is 2.25. The number of hydrogen-bond donors (Lipinski definition) is 2. The van der Waals surface area contributed by atoms with Crippen LogP contribution in [-0.4, -0.2) is 37.3 Å². The predicted octanol–water partition coefficient (Wildman–Crippen LogP) is 6.88. The van der Waals surface area contributed by atoms with E-state index in [0.717, 1.165) is 11.1 Å². The van der Waals surface area contributed by atoms with Crippen LogP contribution in [0.4, 0.5) is 0 Å². The first-order valence-corrected chi connectivity index (χ1v) is 14.7.